The maximum atomic E-state index is 12.5. The van der Waals surface area contributed by atoms with E-state index in [9.17, 15) is 13.2 Å². The summed E-state index contributed by atoms with van der Waals surface area (Å²) < 4.78 is 39.5. The SMILES string of the molecule is CNCc1cc(Br)cnc1-n1cc(C(F)(F)F)cn1. The normalized spacial score (nSPS) is 11.8. The van der Waals surface area contributed by atoms with E-state index in [-0.39, 0.29) is 0 Å². The van der Waals surface area contributed by atoms with Crippen LogP contribution in [-0.2, 0) is 12.7 Å². The van der Waals surface area contributed by atoms with Crippen LogP contribution in [0.5, 0.6) is 0 Å². The number of rotatable bonds is 3. The molecule has 2 rings (SSSR count). The Morgan fingerprint density at radius 1 is 1.37 bits per heavy atom. The Morgan fingerprint density at radius 2 is 2.11 bits per heavy atom. The van der Waals surface area contributed by atoms with Gasteiger partial charge in [0, 0.05) is 29.0 Å². The maximum absolute atomic E-state index is 12.5. The van der Waals surface area contributed by atoms with Crippen LogP contribution < -0.4 is 5.32 Å². The molecule has 0 spiro atoms. The van der Waals surface area contributed by atoms with Gasteiger partial charge in [0.2, 0.25) is 0 Å². The third-order valence-electron chi connectivity index (χ3n) is 2.40. The number of nitrogens with zero attached hydrogens (tertiary/aromatic N) is 3. The lowest BCUT2D eigenvalue weighted by Gasteiger charge is -2.08. The zero-order chi connectivity index (χ0) is 14.0. The van der Waals surface area contributed by atoms with Crippen LogP contribution in [0.4, 0.5) is 13.2 Å². The molecule has 2 heterocycles. The van der Waals surface area contributed by atoms with Crippen LogP contribution in [0.25, 0.3) is 5.82 Å². The highest BCUT2D eigenvalue weighted by atomic mass is 79.9. The van der Waals surface area contributed by atoms with E-state index < -0.39 is 11.7 Å². The van der Waals surface area contributed by atoms with Crippen molar-refractivity contribution in [2.45, 2.75) is 12.7 Å². The molecular formula is C11H10BrF3N4. The number of aromatic nitrogens is 3. The van der Waals surface area contributed by atoms with Gasteiger partial charge in [-0.2, -0.15) is 18.3 Å². The summed E-state index contributed by atoms with van der Waals surface area (Å²) in [5.74, 6) is 0.369. The largest absolute Gasteiger partial charge is 0.419 e. The van der Waals surface area contributed by atoms with Gasteiger partial charge in [0.1, 0.15) is 0 Å². The average Bonchev–Trinajstić information content (AvgIpc) is 2.78. The Kier molecular flexibility index (Phi) is 3.91. The van der Waals surface area contributed by atoms with Crippen LogP contribution >= 0.6 is 15.9 Å². The van der Waals surface area contributed by atoms with Gasteiger partial charge in [-0.05, 0) is 29.0 Å². The molecule has 2 aromatic rings. The Labute approximate surface area is 115 Å². The third kappa shape index (κ3) is 3.13. The molecule has 0 radical (unpaired) electrons. The minimum Gasteiger partial charge on any atom is -0.316 e. The van der Waals surface area contributed by atoms with Crippen molar-refractivity contribution in [2.75, 3.05) is 7.05 Å². The maximum Gasteiger partial charge on any atom is 0.419 e. The van der Waals surface area contributed by atoms with Crippen molar-refractivity contribution in [3.63, 3.8) is 0 Å². The quantitative estimate of drug-likeness (QED) is 0.938. The number of nitrogens with one attached hydrogen (secondary N) is 1. The van der Waals surface area contributed by atoms with Crippen molar-refractivity contribution < 1.29 is 13.2 Å². The molecular weight excluding hydrogens is 325 g/mol. The lowest BCUT2D eigenvalue weighted by Crippen LogP contribution is -2.11. The molecule has 0 aliphatic rings. The van der Waals surface area contributed by atoms with Gasteiger partial charge in [-0.25, -0.2) is 9.67 Å². The lowest BCUT2D eigenvalue weighted by molar-refractivity contribution is -0.137. The van der Waals surface area contributed by atoms with E-state index in [0.29, 0.717) is 12.4 Å². The van der Waals surface area contributed by atoms with Gasteiger partial charge < -0.3 is 5.32 Å². The Morgan fingerprint density at radius 3 is 2.68 bits per heavy atom. The first kappa shape index (κ1) is 14.0. The van der Waals surface area contributed by atoms with Gasteiger partial charge in [-0.1, -0.05) is 0 Å². The van der Waals surface area contributed by atoms with E-state index >= 15 is 0 Å². The van der Waals surface area contributed by atoms with E-state index in [4.69, 9.17) is 0 Å². The molecule has 102 valence electrons. The van der Waals surface area contributed by atoms with Crippen LogP contribution in [0.2, 0.25) is 0 Å². The summed E-state index contributed by atoms with van der Waals surface area (Å²) in [6, 6.07) is 1.79. The van der Waals surface area contributed by atoms with Gasteiger partial charge >= 0.3 is 6.18 Å². The predicted octanol–water partition coefficient (Wildman–Crippen LogP) is 2.77. The molecule has 1 N–H and O–H groups in total. The van der Waals surface area contributed by atoms with Gasteiger partial charge in [-0.3, -0.25) is 0 Å². The van der Waals surface area contributed by atoms with Gasteiger partial charge in [0.25, 0.3) is 0 Å². The molecule has 0 saturated carbocycles. The monoisotopic (exact) mass is 334 g/mol. The zero-order valence-corrected chi connectivity index (χ0v) is 11.5. The standard InChI is InChI=1S/C11H10BrF3N4/c1-16-3-7-2-9(12)5-17-10(7)19-6-8(4-18-19)11(13,14)15/h2,4-6,16H,3H2,1H3. The van der Waals surface area contributed by atoms with Crippen LogP contribution in [-0.4, -0.2) is 21.8 Å². The Hall–Kier alpha value is -1.41. The highest BCUT2D eigenvalue weighted by Crippen LogP contribution is 2.29. The zero-order valence-electron chi connectivity index (χ0n) is 9.87. The number of halogens is 4. The summed E-state index contributed by atoms with van der Waals surface area (Å²) in [6.45, 7) is 0.475. The molecule has 4 nitrogen and oxygen atoms in total. The minimum absolute atomic E-state index is 0.369. The van der Waals surface area contributed by atoms with Crippen LogP contribution in [0.1, 0.15) is 11.1 Å². The molecule has 0 aliphatic heterocycles. The molecule has 19 heavy (non-hydrogen) atoms. The fourth-order valence-corrected chi connectivity index (χ4v) is 1.96. The van der Waals surface area contributed by atoms with Gasteiger partial charge in [0.15, 0.2) is 5.82 Å². The molecule has 0 saturated heterocycles. The minimum atomic E-state index is -4.41. The van der Waals surface area contributed by atoms with Crippen LogP contribution in [0, 0.1) is 0 Å². The molecule has 0 fully saturated rings. The van der Waals surface area contributed by atoms with Crippen molar-refractivity contribution in [3.05, 3.63) is 40.3 Å². The molecule has 8 heteroatoms. The van der Waals surface area contributed by atoms with E-state index in [1.807, 2.05) is 0 Å². The van der Waals surface area contributed by atoms with E-state index in [0.717, 1.165) is 27.1 Å². The first-order valence-corrected chi connectivity index (χ1v) is 6.12. The first-order chi connectivity index (χ1) is 8.91. The molecule has 0 aliphatic carbocycles. The summed E-state index contributed by atoms with van der Waals surface area (Å²) >= 11 is 3.28. The summed E-state index contributed by atoms with van der Waals surface area (Å²) in [4.78, 5) is 4.11. The van der Waals surface area contributed by atoms with Crippen LogP contribution in [0.3, 0.4) is 0 Å². The van der Waals surface area contributed by atoms with Gasteiger partial charge in [0.05, 0.1) is 11.8 Å². The van der Waals surface area contributed by atoms with Crippen molar-refractivity contribution in [1.29, 1.82) is 0 Å². The van der Waals surface area contributed by atoms with E-state index in [1.165, 1.54) is 6.20 Å². The second-order valence-electron chi connectivity index (χ2n) is 3.84. The molecule has 0 bridgehead atoms. The predicted molar refractivity (Wildman–Crippen MR) is 66.8 cm³/mol. The molecule has 0 amide bonds. The second kappa shape index (κ2) is 5.30. The number of pyridine rings is 1. The van der Waals surface area contributed by atoms with Gasteiger partial charge in [-0.15, -0.1) is 0 Å². The Balaban J connectivity index is 2.44. The highest BCUT2D eigenvalue weighted by Gasteiger charge is 2.32. The third-order valence-corrected chi connectivity index (χ3v) is 2.84. The van der Waals surface area contributed by atoms with Crippen molar-refractivity contribution in [1.82, 2.24) is 20.1 Å². The van der Waals surface area contributed by atoms with E-state index in [1.54, 1.807) is 13.1 Å². The van der Waals surface area contributed by atoms with Crippen molar-refractivity contribution >= 4 is 15.9 Å². The lowest BCUT2D eigenvalue weighted by atomic mass is 10.2. The highest BCUT2D eigenvalue weighted by molar-refractivity contribution is 9.10. The number of hydrogen-bond acceptors (Lipinski definition) is 3. The topological polar surface area (TPSA) is 42.7 Å². The summed E-state index contributed by atoms with van der Waals surface area (Å²) in [5, 5.41) is 6.65. The molecule has 2 aromatic heterocycles. The molecule has 0 aromatic carbocycles. The smallest absolute Gasteiger partial charge is 0.316 e. The Bertz CT molecular complexity index is 580. The second-order valence-corrected chi connectivity index (χ2v) is 4.75. The fourth-order valence-electron chi connectivity index (χ4n) is 1.59. The molecule has 0 unspecified atom stereocenters. The summed E-state index contributed by atoms with van der Waals surface area (Å²) in [5.41, 5.74) is -0.0543. The molecule has 0 atom stereocenters. The number of alkyl halides is 3. The number of hydrogen-bond donors (Lipinski definition) is 1. The average molecular weight is 335 g/mol. The first-order valence-electron chi connectivity index (χ1n) is 5.33. The van der Waals surface area contributed by atoms with E-state index in [2.05, 4.69) is 31.3 Å². The van der Waals surface area contributed by atoms with Crippen LogP contribution in [0.15, 0.2) is 29.1 Å². The summed E-state index contributed by atoms with van der Waals surface area (Å²) in [7, 11) is 1.74. The van der Waals surface area contributed by atoms with Crippen molar-refractivity contribution in [2.24, 2.45) is 0 Å². The van der Waals surface area contributed by atoms with Crippen molar-refractivity contribution in [3.8, 4) is 5.82 Å². The summed E-state index contributed by atoms with van der Waals surface area (Å²) in [6.07, 6.45) is -1.18. The fraction of sp³-hybridized carbons (Fsp3) is 0.273.